The zero-order valence-electron chi connectivity index (χ0n) is 10.3. The second-order valence-corrected chi connectivity index (χ2v) is 4.63. The number of rotatable bonds is 4. The first-order valence-electron chi connectivity index (χ1n) is 6.28. The van der Waals surface area contributed by atoms with E-state index in [4.69, 9.17) is 5.73 Å². The standard InChI is InChI=1S/C14H19NO2/c1-2-4-12(16)13-11-6-3-5-9(11)7-10(8-15)14(13)17/h7,17H,2-6,8,15H2,1H3. The molecule has 3 nitrogen and oxygen atoms in total. The summed E-state index contributed by atoms with van der Waals surface area (Å²) in [6.07, 6.45) is 4.26. The van der Waals surface area contributed by atoms with Crippen LogP contribution < -0.4 is 5.73 Å². The number of aryl methyl sites for hydroxylation is 1. The Hall–Kier alpha value is -1.35. The monoisotopic (exact) mass is 233 g/mol. The topological polar surface area (TPSA) is 63.3 Å². The third-order valence-electron chi connectivity index (χ3n) is 3.43. The summed E-state index contributed by atoms with van der Waals surface area (Å²) >= 11 is 0. The van der Waals surface area contributed by atoms with Crippen LogP contribution >= 0.6 is 0 Å². The van der Waals surface area contributed by atoms with Gasteiger partial charge in [0.05, 0.1) is 5.56 Å². The molecule has 0 aliphatic heterocycles. The molecular formula is C14H19NO2. The smallest absolute Gasteiger partial charge is 0.166 e. The second kappa shape index (κ2) is 4.88. The number of Topliss-reactive ketones (excluding diaryl/α,β-unsaturated/α-hetero) is 1. The molecule has 2 rings (SSSR count). The molecule has 0 aromatic heterocycles. The minimum atomic E-state index is 0.0541. The molecule has 0 amide bonds. The highest BCUT2D eigenvalue weighted by atomic mass is 16.3. The van der Waals surface area contributed by atoms with Crippen molar-refractivity contribution >= 4 is 5.78 Å². The molecule has 0 radical (unpaired) electrons. The minimum Gasteiger partial charge on any atom is -0.507 e. The van der Waals surface area contributed by atoms with Gasteiger partial charge >= 0.3 is 0 Å². The number of phenolic OH excluding ortho intramolecular Hbond substituents is 1. The first-order chi connectivity index (χ1) is 8.19. The Balaban J connectivity index is 2.55. The Kier molecular flexibility index (Phi) is 3.48. The van der Waals surface area contributed by atoms with Crippen molar-refractivity contribution in [2.75, 3.05) is 0 Å². The summed E-state index contributed by atoms with van der Waals surface area (Å²) < 4.78 is 0. The molecule has 17 heavy (non-hydrogen) atoms. The largest absolute Gasteiger partial charge is 0.507 e. The van der Waals surface area contributed by atoms with E-state index >= 15 is 0 Å². The number of aromatic hydroxyl groups is 1. The maximum Gasteiger partial charge on any atom is 0.166 e. The van der Waals surface area contributed by atoms with Crippen molar-refractivity contribution in [2.24, 2.45) is 5.73 Å². The van der Waals surface area contributed by atoms with Crippen molar-refractivity contribution in [2.45, 2.75) is 45.6 Å². The number of phenols is 1. The second-order valence-electron chi connectivity index (χ2n) is 4.63. The van der Waals surface area contributed by atoms with Gasteiger partial charge in [-0.3, -0.25) is 4.79 Å². The predicted molar refractivity (Wildman–Crippen MR) is 67.3 cm³/mol. The Labute approximate surface area is 102 Å². The number of ketones is 1. The lowest BCUT2D eigenvalue weighted by Gasteiger charge is -2.13. The quantitative estimate of drug-likeness (QED) is 0.784. The van der Waals surface area contributed by atoms with Crippen molar-refractivity contribution in [3.8, 4) is 5.75 Å². The molecule has 0 bridgehead atoms. The van der Waals surface area contributed by atoms with Gasteiger partial charge in [-0.05, 0) is 36.8 Å². The average molecular weight is 233 g/mol. The van der Waals surface area contributed by atoms with Gasteiger partial charge in [-0.1, -0.05) is 13.0 Å². The normalized spacial score (nSPS) is 13.8. The molecule has 0 saturated heterocycles. The predicted octanol–water partition coefficient (Wildman–Crippen LogP) is 2.32. The molecule has 0 heterocycles. The van der Waals surface area contributed by atoms with Gasteiger partial charge in [0.25, 0.3) is 0 Å². The van der Waals surface area contributed by atoms with E-state index in [9.17, 15) is 9.90 Å². The number of carbonyl (C=O) groups is 1. The van der Waals surface area contributed by atoms with Gasteiger partial charge in [0.1, 0.15) is 5.75 Å². The molecule has 1 aliphatic carbocycles. The number of benzene rings is 1. The van der Waals surface area contributed by atoms with Crippen LogP contribution in [0.25, 0.3) is 0 Å². The zero-order chi connectivity index (χ0) is 12.4. The summed E-state index contributed by atoms with van der Waals surface area (Å²) in [6, 6.07) is 1.96. The lowest BCUT2D eigenvalue weighted by atomic mass is 9.93. The maximum atomic E-state index is 12.1. The maximum absolute atomic E-state index is 12.1. The number of carbonyl (C=O) groups excluding carboxylic acids is 1. The molecule has 92 valence electrons. The van der Waals surface area contributed by atoms with Gasteiger partial charge in [0.15, 0.2) is 5.78 Å². The zero-order valence-corrected chi connectivity index (χ0v) is 10.3. The van der Waals surface area contributed by atoms with Gasteiger partial charge < -0.3 is 10.8 Å². The summed E-state index contributed by atoms with van der Waals surface area (Å²) in [5.74, 6) is 0.171. The number of hydrogen-bond donors (Lipinski definition) is 2. The third-order valence-corrected chi connectivity index (χ3v) is 3.43. The Morgan fingerprint density at radius 3 is 2.88 bits per heavy atom. The molecule has 1 aromatic rings. The van der Waals surface area contributed by atoms with E-state index < -0.39 is 0 Å². The van der Waals surface area contributed by atoms with E-state index in [-0.39, 0.29) is 18.1 Å². The fraction of sp³-hybridized carbons (Fsp3) is 0.500. The van der Waals surface area contributed by atoms with E-state index in [2.05, 4.69) is 0 Å². The lowest BCUT2D eigenvalue weighted by molar-refractivity contribution is 0.0978. The SMILES string of the molecule is CCCC(=O)c1c(O)c(CN)cc2c1CCC2. The number of nitrogens with two attached hydrogens (primary N) is 1. The summed E-state index contributed by atoms with van der Waals surface area (Å²) in [5, 5.41) is 10.1. The first kappa shape index (κ1) is 12.1. The van der Waals surface area contributed by atoms with E-state index in [1.165, 1.54) is 5.56 Å². The van der Waals surface area contributed by atoms with Crippen molar-refractivity contribution in [1.29, 1.82) is 0 Å². The van der Waals surface area contributed by atoms with Crippen LogP contribution in [-0.2, 0) is 19.4 Å². The molecule has 1 aliphatic rings. The van der Waals surface area contributed by atoms with Crippen molar-refractivity contribution in [3.63, 3.8) is 0 Å². The van der Waals surface area contributed by atoms with E-state index in [1.54, 1.807) is 0 Å². The molecule has 0 saturated carbocycles. The van der Waals surface area contributed by atoms with Gasteiger partial charge in [-0.25, -0.2) is 0 Å². The molecule has 3 heteroatoms. The van der Waals surface area contributed by atoms with Crippen LogP contribution in [0.5, 0.6) is 5.75 Å². The van der Waals surface area contributed by atoms with Crippen LogP contribution in [0, 0.1) is 0 Å². The fourth-order valence-electron chi connectivity index (χ4n) is 2.60. The van der Waals surface area contributed by atoms with Gasteiger partial charge in [-0.15, -0.1) is 0 Å². The molecule has 0 atom stereocenters. The minimum absolute atomic E-state index is 0.0541. The summed E-state index contributed by atoms with van der Waals surface area (Å²) in [6.45, 7) is 2.26. The van der Waals surface area contributed by atoms with Crippen LogP contribution in [0.3, 0.4) is 0 Å². The summed E-state index contributed by atoms with van der Waals surface area (Å²) in [7, 11) is 0. The number of hydrogen-bond acceptors (Lipinski definition) is 3. The van der Waals surface area contributed by atoms with Crippen LogP contribution in [0.15, 0.2) is 6.07 Å². The Bertz CT molecular complexity index is 451. The van der Waals surface area contributed by atoms with E-state index in [0.29, 0.717) is 17.5 Å². The van der Waals surface area contributed by atoms with Crippen LogP contribution in [0.2, 0.25) is 0 Å². The molecule has 0 unspecified atom stereocenters. The first-order valence-corrected chi connectivity index (χ1v) is 6.28. The highest BCUT2D eigenvalue weighted by molar-refractivity contribution is 6.01. The average Bonchev–Trinajstić information content (AvgIpc) is 2.75. The molecular weight excluding hydrogens is 214 g/mol. The van der Waals surface area contributed by atoms with Gasteiger partial charge in [0.2, 0.25) is 0 Å². The van der Waals surface area contributed by atoms with E-state index in [1.807, 2.05) is 13.0 Å². The summed E-state index contributed by atoms with van der Waals surface area (Å²) in [4.78, 5) is 12.1. The van der Waals surface area contributed by atoms with Crippen LogP contribution in [0.4, 0.5) is 0 Å². The molecule has 3 N–H and O–H groups in total. The highest BCUT2D eigenvalue weighted by Crippen LogP contribution is 2.35. The lowest BCUT2D eigenvalue weighted by Crippen LogP contribution is -2.08. The van der Waals surface area contributed by atoms with Crippen LogP contribution in [0.1, 0.15) is 53.2 Å². The molecule has 0 fully saturated rings. The molecule has 1 aromatic carbocycles. The van der Waals surface area contributed by atoms with Crippen LogP contribution in [-0.4, -0.2) is 10.9 Å². The van der Waals surface area contributed by atoms with Crippen molar-refractivity contribution in [3.05, 3.63) is 28.3 Å². The van der Waals surface area contributed by atoms with Crippen molar-refractivity contribution in [1.82, 2.24) is 0 Å². The Morgan fingerprint density at radius 1 is 1.47 bits per heavy atom. The third kappa shape index (κ3) is 2.07. The van der Waals surface area contributed by atoms with Gasteiger partial charge in [-0.2, -0.15) is 0 Å². The highest BCUT2D eigenvalue weighted by Gasteiger charge is 2.24. The summed E-state index contributed by atoms with van der Waals surface area (Å²) in [5.41, 5.74) is 9.11. The fourth-order valence-corrected chi connectivity index (χ4v) is 2.60. The van der Waals surface area contributed by atoms with E-state index in [0.717, 1.165) is 31.2 Å². The van der Waals surface area contributed by atoms with Crippen molar-refractivity contribution < 1.29 is 9.90 Å². The molecule has 0 spiro atoms. The van der Waals surface area contributed by atoms with Gasteiger partial charge in [0, 0.05) is 18.5 Å². The Morgan fingerprint density at radius 2 is 2.24 bits per heavy atom. The number of fused-ring (bicyclic) bond motifs is 1.